The van der Waals surface area contributed by atoms with Gasteiger partial charge in [-0.25, -0.2) is 14.4 Å². The van der Waals surface area contributed by atoms with Crippen LogP contribution in [0.25, 0.3) is 0 Å². The van der Waals surface area contributed by atoms with Crippen molar-refractivity contribution < 1.29 is 42.6 Å². The SMILES string of the molecule is CC(C)NOC(=O)N[C@H]1CC(C)(C)C[C@](C)(C[n+]2c[n+](C[C@]3(C)C[C@@H](NC(=O)ONC(C)C)CC(C)(C)C3)c[n+](C[C@@]3(C)C[C@@H](NC(=O)ONC(C)C)CC(C)(C)C3)c2)C1. The van der Waals surface area contributed by atoms with Gasteiger partial charge in [-0.15, -0.1) is 16.4 Å². The van der Waals surface area contributed by atoms with E-state index in [-0.39, 0.29) is 68.7 Å². The number of amides is 3. The van der Waals surface area contributed by atoms with Crippen molar-refractivity contribution in [3.05, 3.63) is 19.0 Å². The molecule has 4 rings (SSSR count). The van der Waals surface area contributed by atoms with Crippen molar-refractivity contribution in [1.82, 2.24) is 32.4 Å². The van der Waals surface area contributed by atoms with Crippen LogP contribution in [0.15, 0.2) is 19.0 Å². The van der Waals surface area contributed by atoms with Crippen LogP contribution in [0.1, 0.15) is 162 Å². The summed E-state index contributed by atoms with van der Waals surface area (Å²) >= 11 is 0. The number of rotatable bonds is 15. The van der Waals surface area contributed by atoms with Crippen LogP contribution in [0.4, 0.5) is 14.4 Å². The fourth-order valence-electron chi connectivity index (χ4n) is 11.9. The zero-order chi connectivity index (χ0) is 44.9. The minimum absolute atomic E-state index is 0.00171. The molecule has 6 atom stereocenters. The first kappa shape index (κ1) is 49.4. The molecule has 0 aromatic carbocycles. The van der Waals surface area contributed by atoms with E-state index in [2.05, 4.69) is 127 Å². The Hall–Kier alpha value is -3.30. The summed E-state index contributed by atoms with van der Waals surface area (Å²) in [5, 5.41) is 9.48. The first-order chi connectivity index (χ1) is 27.5. The molecule has 1 heterocycles. The molecule has 3 fully saturated rings. The van der Waals surface area contributed by atoms with E-state index in [1.165, 1.54) is 0 Å². The van der Waals surface area contributed by atoms with Gasteiger partial charge in [-0.2, -0.15) is 0 Å². The highest BCUT2D eigenvalue weighted by Gasteiger charge is 2.49. The quantitative estimate of drug-likeness (QED) is 0.0684. The van der Waals surface area contributed by atoms with Crippen molar-refractivity contribution in [2.45, 2.75) is 218 Å². The number of hydrogen-bond acceptors (Lipinski definition) is 9. The first-order valence-electron chi connectivity index (χ1n) is 22.5. The monoisotopic (exact) mass is 847 g/mol. The minimum Gasteiger partial charge on any atom is -0.354 e. The summed E-state index contributed by atoms with van der Waals surface area (Å²) < 4.78 is 7.05. The van der Waals surface area contributed by atoms with Gasteiger partial charge in [0.15, 0.2) is 19.6 Å². The van der Waals surface area contributed by atoms with E-state index in [1.807, 2.05) is 41.5 Å². The van der Waals surface area contributed by atoms with Gasteiger partial charge < -0.3 is 30.5 Å². The Bertz CT molecular complexity index is 1440. The van der Waals surface area contributed by atoms with Crippen molar-refractivity contribution in [1.29, 1.82) is 0 Å². The molecule has 0 radical (unpaired) electrons. The highest BCUT2D eigenvalue weighted by molar-refractivity contribution is 5.68. The molecule has 3 saturated carbocycles. The fourth-order valence-corrected chi connectivity index (χ4v) is 11.9. The summed E-state index contributed by atoms with van der Waals surface area (Å²) in [4.78, 5) is 54.4. The van der Waals surface area contributed by atoms with Crippen molar-refractivity contribution in [2.75, 3.05) is 0 Å². The summed E-state index contributed by atoms with van der Waals surface area (Å²) in [5.41, 5.74) is 7.95. The third kappa shape index (κ3) is 16.2. The normalized spacial score (nSPS) is 29.8. The second-order valence-electron chi connectivity index (χ2n) is 23.6. The highest BCUT2D eigenvalue weighted by Crippen LogP contribution is 2.48. The van der Waals surface area contributed by atoms with Crippen LogP contribution >= 0.6 is 0 Å². The molecule has 342 valence electrons. The van der Waals surface area contributed by atoms with Gasteiger partial charge in [-0.05, 0) is 116 Å². The molecule has 0 saturated heterocycles. The van der Waals surface area contributed by atoms with Gasteiger partial charge in [0.25, 0.3) is 0 Å². The number of carbonyl (C=O) groups excluding carboxylic acids is 3. The van der Waals surface area contributed by atoms with E-state index in [9.17, 15) is 14.4 Å². The summed E-state index contributed by atoms with van der Waals surface area (Å²) in [6, 6.07) is -0.0245. The summed E-state index contributed by atoms with van der Waals surface area (Å²) in [5.74, 6) is 0. The van der Waals surface area contributed by atoms with Gasteiger partial charge in [0.2, 0.25) is 0 Å². The van der Waals surface area contributed by atoms with Gasteiger partial charge in [-0.1, -0.05) is 76.0 Å². The predicted molar refractivity (Wildman–Crippen MR) is 229 cm³/mol. The molecule has 60 heavy (non-hydrogen) atoms. The Balaban J connectivity index is 1.66. The average Bonchev–Trinajstić information content (AvgIpc) is 3.01. The lowest BCUT2D eigenvalue weighted by Gasteiger charge is -2.45. The Labute approximate surface area is 361 Å². The average molecular weight is 847 g/mol. The van der Waals surface area contributed by atoms with Crippen LogP contribution in [0.3, 0.4) is 0 Å². The standard InChI is InChI=1S/C45H81N9O6/c1-31(2)49-58-37(55)46-34-16-40(7,8)22-43(13,19-34)25-52-28-53(26-44(14)20-35(17-41(9,10)23-44)47-38(56)59-50-32(3)4)30-54(29-52)27-45(15)21-36(18-42(11,12)24-45)48-39(57)60-51-33(5)6/h28-36,49-51H,16-27H2,1-15H3/p+3/t34-,35-,36-,43-,44+,45+/m0/s1. The molecule has 3 amide bonds. The molecular weight excluding hydrogens is 763 g/mol. The van der Waals surface area contributed by atoms with Crippen molar-refractivity contribution in [2.24, 2.45) is 32.5 Å². The molecule has 0 unspecified atom stereocenters. The van der Waals surface area contributed by atoms with Crippen LogP contribution in [0.5, 0.6) is 0 Å². The molecule has 0 bridgehead atoms. The van der Waals surface area contributed by atoms with Crippen molar-refractivity contribution in [3.63, 3.8) is 0 Å². The summed E-state index contributed by atoms with van der Waals surface area (Å²) in [6.45, 7) is 34.7. The number of hydrogen-bond donors (Lipinski definition) is 6. The lowest BCUT2D eigenvalue weighted by atomic mass is 9.62. The molecular formula is C45H84N9O6+3. The molecule has 1 aromatic rings. The third-order valence-electron chi connectivity index (χ3n) is 12.0. The molecule has 15 heteroatoms. The van der Waals surface area contributed by atoms with Gasteiger partial charge >= 0.3 is 37.3 Å². The maximum atomic E-state index is 12.8. The molecule has 15 nitrogen and oxygen atoms in total. The van der Waals surface area contributed by atoms with Crippen LogP contribution in [0.2, 0.25) is 0 Å². The third-order valence-corrected chi connectivity index (χ3v) is 12.0. The molecule has 0 spiro atoms. The Morgan fingerprint density at radius 2 is 0.700 bits per heavy atom. The van der Waals surface area contributed by atoms with Crippen molar-refractivity contribution in [3.8, 4) is 0 Å². The lowest BCUT2D eigenvalue weighted by molar-refractivity contribution is -0.949. The van der Waals surface area contributed by atoms with E-state index >= 15 is 0 Å². The second-order valence-corrected chi connectivity index (χ2v) is 23.6. The number of nitrogens with zero attached hydrogens (tertiary/aromatic N) is 3. The second kappa shape index (κ2) is 19.4. The largest absolute Gasteiger partial charge is 0.426 e. The fraction of sp³-hybridized carbons (Fsp3) is 0.867. The minimum atomic E-state index is -0.446. The van der Waals surface area contributed by atoms with Gasteiger partial charge in [0, 0.05) is 52.5 Å². The van der Waals surface area contributed by atoms with Gasteiger partial charge in [0.05, 0.1) is 0 Å². The number of hydroxylamine groups is 3. The molecule has 1 aromatic heterocycles. The van der Waals surface area contributed by atoms with Gasteiger partial charge in [0.1, 0.15) is 0 Å². The van der Waals surface area contributed by atoms with Crippen LogP contribution < -0.4 is 46.1 Å². The maximum absolute atomic E-state index is 12.8. The number of nitrogens with one attached hydrogen (secondary N) is 6. The maximum Gasteiger partial charge on any atom is 0.426 e. The van der Waals surface area contributed by atoms with E-state index in [4.69, 9.17) is 14.5 Å². The van der Waals surface area contributed by atoms with E-state index < -0.39 is 18.3 Å². The summed E-state index contributed by atoms with van der Waals surface area (Å²) in [6.07, 6.45) is 13.5. The number of carbonyl (C=O) groups is 3. The lowest BCUT2D eigenvalue weighted by Crippen LogP contribution is -2.64. The van der Waals surface area contributed by atoms with Crippen molar-refractivity contribution >= 4 is 18.3 Å². The van der Waals surface area contributed by atoms with Crippen LogP contribution in [-0.4, -0.2) is 54.5 Å². The van der Waals surface area contributed by atoms with E-state index in [0.717, 1.165) is 77.4 Å². The van der Waals surface area contributed by atoms with E-state index in [1.54, 1.807) is 0 Å². The Kier molecular flexibility index (Phi) is 16.0. The first-order valence-corrected chi connectivity index (χ1v) is 22.5. The Morgan fingerprint density at radius 1 is 0.467 bits per heavy atom. The number of aromatic nitrogens is 3. The smallest absolute Gasteiger partial charge is 0.354 e. The highest BCUT2D eigenvalue weighted by atomic mass is 16.7. The molecule has 3 aliphatic carbocycles. The van der Waals surface area contributed by atoms with Crippen LogP contribution in [0, 0.1) is 32.5 Å². The Morgan fingerprint density at radius 3 is 0.917 bits per heavy atom. The molecule has 0 aliphatic heterocycles. The predicted octanol–water partition coefficient (Wildman–Crippen LogP) is 6.22. The van der Waals surface area contributed by atoms with Crippen LogP contribution in [-0.2, 0) is 34.1 Å². The zero-order valence-electron chi connectivity index (χ0n) is 40.0. The zero-order valence-corrected chi connectivity index (χ0v) is 40.0. The van der Waals surface area contributed by atoms with Gasteiger partial charge in [-0.3, -0.25) is 0 Å². The van der Waals surface area contributed by atoms with E-state index in [0.29, 0.717) is 0 Å². The molecule has 3 aliphatic rings. The summed E-state index contributed by atoms with van der Waals surface area (Å²) in [7, 11) is 0. The topological polar surface area (TPSA) is 163 Å². The molecule has 6 N–H and O–H groups in total.